The van der Waals surface area contributed by atoms with Gasteiger partial charge in [0, 0.05) is 18.0 Å². The molecule has 132 valence electrons. The number of ether oxygens (including phenoxy) is 1. The molecule has 0 spiro atoms. The van der Waals surface area contributed by atoms with Crippen molar-refractivity contribution >= 4 is 11.6 Å². The number of aryl methyl sites for hydroxylation is 1. The van der Waals surface area contributed by atoms with E-state index in [2.05, 4.69) is 5.32 Å². The van der Waals surface area contributed by atoms with Gasteiger partial charge in [0.05, 0.1) is 0 Å². The number of carbonyl (C=O) groups is 1. The summed E-state index contributed by atoms with van der Waals surface area (Å²) < 4.78 is 7.15. The number of benzene rings is 2. The molecule has 1 amide bonds. The smallest absolute Gasteiger partial charge is 0.251 e. The van der Waals surface area contributed by atoms with Crippen LogP contribution in [0.1, 0.15) is 18.5 Å². The summed E-state index contributed by atoms with van der Waals surface area (Å²) in [5.74, 6) is 1.17. The Bertz CT molecular complexity index is 947. The maximum absolute atomic E-state index is 12.5. The lowest BCUT2D eigenvalue weighted by molar-refractivity contribution is -0.118. The second-order valence-electron chi connectivity index (χ2n) is 6.06. The van der Waals surface area contributed by atoms with Gasteiger partial charge in [0.2, 0.25) is 5.91 Å². The number of anilines is 1. The molecule has 0 fully saturated rings. The Labute approximate surface area is 151 Å². The minimum Gasteiger partial charge on any atom is -0.457 e. The molecule has 0 aliphatic carbocycles. The zero-order chi connectivity index (χ0) is 18.5. The molecule has 1 heterocycles. The van der Waals surface area contributed by atoms with Gasteiger partial charge in [0.25, 0.3) is 5.56 Å². The van der Waals surface area contributed by atoms with E-state index in [9.17, 15) is 9.59 Å². The third kappa shape index (κ3) is 4.19. The summed E-state index contributed by atoms with van der Waals surface area (Å²) in [6.45, 7) is 3.58. The first kappa shape index (κ1) is 17.5. The first-order valence-electron chi connectivity index (χ1n) is 8.35. The highest BCUT2D eigenvalue weighted by atomic mass is 16.5. The normalized spacial score (nSPS) is 11.6. The lowest BCUT2D eigenvalue weighted by Crippen LogP contribution is -2.31. The summed E-state index contributed by atoms with van der Waals surface area (Å²) in [7, 11) is 0. The minimum absolute atomic E-state index is 0.204. The van der Waals surface area contributed by atoms with Crippen LogP contribution in [-0.4, -0.2) is 10.5 Å². The fourth-order valence-electron chi connectivity index (χ4n) is 2.52. The van der Waals surface area contributed by atoms with Crippen molar-refractivity contribution < 1.29 is 9.53 Å². The number of carbonyl (C=O) groups excluding carboxylic acids is 1. The first-order chi connectivity index (χ1) is 12.5. The highest BCUT2D eigenvalue weighted by Gasteiger charge is 2.16. The summed E-state index contributed by atoms with van der Waals surface area (Å²) in [6.07, 6.45) is 1.68. The number of para-hydroxylation sites is 1. The summed E-state index contributed by atoms with van der Waals surface area (Å²) in [5, 5.41) is 2.82. The predicted molar refractivity (Wildman–Crippen MR) is 102 cm³/mol. The van der Waals surface area contributed by atoms with Gasteiger partial charge in [-0.2, -0.15) is 0 Å². The van der Waals surface area contributed by atoms with Crippen molar-refractivity contribution in [3.63, 3.8) is 0 Å². The van der Waals surface area contributed by atoms with E-state index in [0.29, 0.717) is 11.4 Å². The van der Waals surface area contributed by atoms with Crippen molar-refractivity contribution in [1.82, 2.24) is 4.57 Å². The Morgan fingerprint density at radius 1 is 0.962 bits per heavy atom. The monoisotopic (exact) mass is 348 g/mol. The number of nitrogens with one attached hydrogen (secondary N) is 1. The highest BCUT2D eigenvalue weighted by Crippen LogP contribution is 2.23. The number of aromatic nitrogens is 1. The molecule has 1 atom stereocenters. The van der Waals surface area contributed by atoms with Gasteiger partial charge in [-0.1, -0.05) is 24.3 Å². The number of nitrogens with zero attached hydrogens (tertiary/aromatic N) is 1. The lowest BCUT2D eigenvalue weighted by Gasteiger charge is -2.16. The van der Waals surface area contributed by atoms with Crippen LogP contribution in [0.3, 0.4) is 0 Å². The summed E-state index contributed by atoms with van der Waals surface area (Å²) in [4.78, 5) is 24.4. The molecule has 0 aliphatic heterocycles. The third-order valence-electron chi connectivity index (χ3n) is 3.98. The standard InChI is InChI=1S/C21H20N2O3/c1-15-8-13-20(24)23(14-15)16(2)21(25)22-17-9-11-19(12-10-17)26-18-6-4-3-5-7-18/h3-14,16H,1-2H3,(H,22,25). The number of hydrogen-bond donors (Lipinski definition) is 1. The minimum atomic E-state index is -0.609. The summed E-state index contributed by atoms with van der Waals surface area (Å²) in [6, 6.07) is 19.2. The van der Waals surface area contributed by atoms with Crippen molar-refractivity contribution in [2.24, 2.45) is 0 Å². The topological polar surface area (TPSA) is 60.3 Å². The molecule has 5 nitrogen and oxygen atoms in total. The van der Waals surface area contributed by atoms with Crippen molar-refractivity contribution in [3.8, 4) is 11.5 Å². The van der Waals surface area contributed by atoms with E-state index in [1.807, 2.05) is 37.3 Å². The molecule has 26 heavy (non-hydrogen) atoms. The van der Waals surface area contributed by atoms with Crippen LogP contribution in [0.5, 0.6) is 11.5 Å². The molecule has 0 radical (unpaired) electrons. The van der Waals surface area contributed by atoms with E-state index in [0.717, 1.165) is 11.3 Å². The Hall–Kier alpha value is -3.34. The Balaban J connectivity index is 1.67. The second kappa shape index (κ2) is 7.70. The predicted octanol–water partition coefficient (Wildman–Crippen LogP) is 4.15. The number of hydrogen-bond acceptors (Lipinski definition) is 3. The molecule has 1 unspecified atom stereocenters. The van der Waals surface area contributed by atoms with Crippen LogP contribution in [0, 0.1) is 6.92 Å². The molecule has 0 aliphatic rings. The number of amides is 1. The van der Waals surface area contributed by atoms with Crippen LogP contribution >= 0.6 is 0 Å². The van der Waals surface area contributed by atoms with Crippen LogP contribution < -0.4 is 15.6 Å². The van der Waals surface area contributed by atoms with Gasteiger partial charge in [0.1, 0.15) is 17.5 Å². The molecule has 1 aromatic heterocycles. The number of pyridine rings is 1. The highest BCUT2D eigenvalue weighted by molar-refractivity contribution is 5.93. The second-order valence-corrected chi connectivity index (χ2v) is 6.06. The van der Waals surface area contributed by atoms with Crippen LogP contribution in [0.15, 0.2) is 77.7 Å². The Morgan fingerprint density at radius 3 is 2.31 bits per heavy atom. The van der Waals surface area contributed by atoms with E-state index in [1.54, 1.807) is 43.5 Å². The van der Waals surface area contributed by atoms with Crippen molar-refractivity contribution in [2.45, 2.75) is 19.9 Å². The zero-order valence-electron chi connectivity index (χ0n) is 14.7. The maximum Gasteiger partial charge on any atom is 0.251 e. The summed E-state index contributed by atoms with van der Waals surface area (Å²) >= 11 is 0. The SMILES string of the molecule is Cc1ccc(=O)n(C(C)C(=O)Nc2ccc(Oc3ccccc3)cc2)c1. The van der Waals surface area contributed by atoms with Gasteiger partial charge in [-0.05, 0) is 55.8 Å². The molecule has 3 aromatic rings. The average Bonchev–Trinajstić information content (AvgIpc) is 2.65. The van der Waals surface area contributed by atoms with Crippen LogP contribution in [0.25, 0.3) is 0 Å². The third-order valence-corrected chi connectivity index (χ3v) is 3.98. The molecule has 3 rings (SSSR count). The average molecular weight is 348 g/mol. The molecular weight excluding hydrogens is 328 g/mol. The van der Waals surface area contributed by atoms with Crippen molar-refractivity contribution in [1.29, 1.82) is 0 Å². The molecule has 1 N–H and O–H groups in total. The van der Waals surface area contributed by atoms with Crippen molar-refractivity contribution in [3.05, 3.63) is 88.8 Å². The van der Waals surface area contributed by atoms with Crippen LogP contribution in [0.4, 0.5) is 5.69 Å². The van der Waals surface area contributed by atoms with Gasteiger partial charge in [-0.25, -0.2) is 0 Å². The molecule has 2 aromatic carbocycles. The Morgan fingerprint density at radius 2 is 1.62 bits per heavy atom. The van der Waals surface area contributed by atoms with Crippen LogP contribution in [-0.2, 0) is 4.79 Å². The van der Waals surface area contributed by atoms with Gasteiger partial charge in [-0.3, -0.25) is 9.59 Å². The van der Waals surface area contributed by atoms with Crippen molar-refractivity contribution in [2.75, 3.05) is 5.32 Å². The molecular formula is C21H20N2O3. The molecule has 0 saturated heterocycles. The molecule has 0 bridgehead atoms. The lowest BCUT2D eigenvalue weighted by atomic mass is 10.2. The van der Waals surface area contributed by atoms with E-state index in [-0.39, 0.29) is 11.5 Å². The van der Waals surface area contributed by atoms with E-state index >= 15 is 0 Å². The van der Waals surface area contributed by atoms with Gasteiger partial charge in [-0.15, -0.1) is 0 Å². The van der Waals surface area contributed by atoms with E-state index < -0.39 is 6.04 Å². The summed E-state index contributed by atoms with van der Waals surface area (Å²) in [5.41, 5.74) is 1.36. The van der Waals surface area contributed by atoms with Gasteiger partial charge in [0.15, 0.2) is 0 Å². The quantitative estimate of drug-likeness (QED) is 0.753. The van der Waals surface area contributed by atoms with E-state index in [1.165, 1.54) is 10.6 Å². The number of rotatable bonds is 5. The Kier molecular flexibility index (Phi) is 5.17. The first-order valence-corrected chi connectivity index (χ1v) is 8.35. The maximum atomic E-state index is 12.5. The van der Waals surface area contributed by atoms with Gasteiger partial charge < -0.3 is 14.6 Å². The molecule has 5 heteroatoms. The zero-order valence-corrected chi connectivity index (χ0v) is 14.7. The fourth-order valence-corrected chi connectivity index (χ4v) is 2.52. The van der Waals surface area contributed by atoms with Crippen LogP contribution in [0.2, 0.25) is 0 Å². The fraction of sp³-hybridized carbons (Fsp3) is 0.143. The largest absolute Gasteiger partial charge is 0.457 e. The van der Waals surface area contributed by atoms with Gasteiger partial charge >= 0.3 is 0 Å². The van der Waals surface area contributed by atoms with E-state index in [4.69, 9.17) is 4.74 Å². The molecule has 0 saturated carbocycles.